The molecule has 0 saturated heterocycles. The highest BCUT2D eigenvalue weighted by Crippen LogP contribution is 2.88. The van der Waals surface area contributed by atoms with Gasteiger partial charge in [-0.15, -0.1) is 0 Å². The Labute approximate surface area is 407 Å². The molecule has 2 aromatic heterocycles. The molecular weight excluding hydrogens is 853 g/mol. The van der Waals surface area contributed by atoms with Crippen molar-refractivity contribution < 1.29 is 0 Å². The van der Waals surface area contributed by atoms with Gasteiger partial charge in [0, 0.05) is 38.8 Å². The van der Waals surface area contributed by atoms with Crippen LogP contribution in [-0.4, -0.2) is 29.9 Å². The lowest BCUT2D eigenvalue weighted by Gasteiger charge is -2.49. The summed E-state index contributed by atoms with van der Waals surface area (Å²) in [4.78, 5) is 30.7. The lowest BCUT2D eigenvalue weighted by molar-refractivity contribution is 0.0377. The predicted octanol–water partition coefficient (Wildman–Crippen LogP) is 14.7. The first kappa shape index (κ1) is 39.7. The molecule has 0 N–H and O–H groups in total. The van der Waals surface area contributed by atoms with Gasteiger partial charge in [0.1, 0.15) is 0 Å². The van der Waals surface area contributed by atoms with Crippen LogP contribution in [0.25, 0.3) is 102 Å². The van der Waals surface area contributed by atoms with E-state index in [0.29, 0.717) is 52.2 Å². The van der Waals surface area contributed by atoms with E-state index in [4.69, 9.17) is 29.9 Å². The second-order valence-corrected chi connectivity index (χ2v) is 20.3. The number of nitrogens with zero attached hydrogens (tertiary/aromatic N) is 6. The molecule has 15 rings (SSSR count). The normalized spacial score (nSPS) is 21.4. The van der Waals surface area contributed by atoms with E-state index in [0.717, 1.165) is 56.3 Å². The first-order valence-electron chi connectivity index (χ1n) is 24.9. The summed E-state index contributed by atoms with van der Waals surface area (Å²) in [6.07, 6.45) is 5.45. The summed E-state index contributed by atoms with van der Waals surface area (Å²) in [5.74, 6) is 7.04. The first-order chi connectivity index (χ1) is 34.6. The van der Waals surface area contributed by atoms with Crippen LogP contribution in [0, 0.1) is 29.1 Å². The molecule has 2 bridgehead atoms. The maximum absolute atomic E-state index is 5.16. The zero-order valence-corrected chi connectivity index (χ0v) is 38.5. The summed E-state index contributed by atoms with van der Waals surface area (Å²) in [6, 6.07) is 73.2. The van der Waals surface area contributed by atoms with Crippen LogP contribution >= 0.6 is 0 Å². The standard InChI is InChI=1S/C64H46N6/c1-5-17-39(18-6-1)57-65-58(40-19-7-2-8-20-40)68-61(67-57)45-27-13-25-43(33-45)49-29-15-31-51-55(49)56-50(30-16-32-52(56)64(51)48-35-47-37-63(38-54(63)64)53(47)36-48)44-26-14-28-46(34-44)62-69-59(41-21-9-3-10-22-41)66-60(70-62)42-23-11-4-12-24-42/h1-34,47-48,53-54H,35-38H2. The first-order valence-corrected chi connectivity index (χ1v) is 24.9. The third-order valence-corrected chi connectivity index (χ3v) is 16.9. The van der Waals surface area contributed by atoms with Crippen LogP contribution in [0.1, 0.15) is 36.8 Å². The average Bonchev–Trinajstić information content (AvgIpc) is 4.06. The second-order valence-electron chi connectivity index (χ2n) is 20.3. The van der Waals surface area contributed by atoms with Crippen molar-refractivity contribution in [3.8, 4) is 102 Å². The van der Waals surface area contributed by atoms with Crippen LogP contribution in [0.3, 0.4) is 0 Å². The smallest absolute Gasteiger partial charge is 0.164 e. The summed E-state index contributed by atoms with van der Waals surface area (Å²) in [5, 5.41) is 0. The molecule has 10 aromatic rings. The van der Waals surface area contributed by atoms with Gasteiger partial charge in [0.05, 0.1) is 0 Å². The lowest BCUT2D eigenvalue weighted by Crippen LogP contribution is -2.45. The monoisotopic (exact) mass is 898 g/mol. The minimum Gasteiger partial charge on any atom is -0.208 e. The topological polar surface area (TPSA) is 77.3 Å². The van der Waals surface area contributed by atoms with Gasteiger partial charge in [0.2, 0.25) is 0 Å². The van der Waals surface area contributed by atoms with E-state index < -0.39 is 0 Å². The SMILES string of the molecule is c1ccc(-c2nc(-c3ccccc3)nc(-c3cccc(-c4cccc5c4-c4c(-c6cccc(-c7nc(-c8ccccc8)nc(-c8ccccc8)n7)c6)cccc4C54C5CC6CC7(CC74)C6C5)c3)n2)cc1. The van der Waals surface area contributed by atoms with E-state index in [9.17, 15) is 0 Å². The summed E-state index contributed by atoms with van der Waals surface area (Å²) in [7, 11) is 0. The largest absolute Gasteiger partial charge is 0.208 e. The van der Waals surface area contributed by atoms with Crippen LogP contribution in [0.5, 0.6) is 0 Å². The number of benzene rings is 8. The molecule has 0 radical (unpaired) electrons. The van der Waals surface area contributed by atoms with E-state index in [1.807, 2.05) is 72.8 Å². The fraction of sp³-hybridized carbons (Fsp3) is 0.156. The van der Waals surface area contributed by atoms with Gasteiger partial charge in [-0.1, -0.05) is 194 Å². The van der Waals surface area contributed by atoms with Gasteiger partial charge in [0.25, 0.3) is 0 Å². The minimum atomic E-state index is -0.0135. The molecular formula is C64H46N6. The van der Waals surface area contributed by atoms with E-state index >= 15 is 0 Å². The van der Waals surface area contributed by atoms with Crippen molar-refractivity contribution in [1.29, 1.82) is 0 Å². The second kappa shape index (κ2) is 15.1. The van der Waals surface area contributed by atoms with Crippen molar-refractivity contribution in [3.63, 3.8) is 0 Å². The zero-order chi connectivity index (χ0) is 46.0. The van der Waals surface area contributed by atoms with Gasteiger partial charge in [-0.2, -0.15) is 0 Å². The Kier molecular flexibility index (Phi) is 8.60. The Morgan fingerprint density at radius 1 is 0.329 bits per heavy atom. The lowest BCUT2D eigenvalue weighted by atomic mass is 9.54. The van der Waals surface area contributed by atoms with Gasteiger partial charge in [-0.25, -0.2) is 29.9 Å². The molecule has 4 saturated carbocycles. The van der Waals surface area contributed by atoms with Crippen LogP contribution in [0.4, 0.5) is 0 Å². The molecule has 2 spiro atoms. The Balaban J connectivity index is 0.913. The number of hydrogen-bond acceptors (Lipinski definition) is 6. The fourth-order valence-electron chi connectivity index (χ4n) is 14.1. The minimum absolute atomic E-state index is 0.0135. The van der Waals surface area contributed by atoms with Crippen molar-refractivity contribution in [2.24, 2.45) is 29.1 Å². The van der Waals surface area contributed by atoms with Crippen molar-refractivity contribution in [2.45, 2.75) is 31.1 Å². The molecule has 8 aromatic carbocycles. The highest BCUT2D eigenvalue weighted by atomic mass is 15.0. The summed E-state index contributed by atoms with van der Waals surface area (Å²) < 4.78 is 0. The fourth-order valence-corrected chi connectivity index (χ4v) is 14.1. The third kappa shape index (κ3) is 5.86. The quantitative estimate of drug-likeness (QED) is 0.151. The Morgan fingerprint density at radius 2 is 0.686 bits per heavy atom. The number of rotatable bonds is 8. The van der Waals surface area contributed by atoms with E-state index in [1.54, 1.807) is 0 Å². The van der Waals surface area contributed by atoms with Crippen molar-refractivity contribution in [3.05, 3.63) is 217 Å². The Bertz CT molecular complexity index is 3370. The van der Waals surface area contributed by atoms with Gasteiger partial charge >= 0.3 is 0 Å². The van der Waals surface area contributed by atoms with Crippen molar-refractivity contribution in [2.75, 3.05) is 0 Å². The Morgan fingerprint density at radius 3 is 1.10 bits per heavy atom. The molecule has 5 aliphatic rings. The van der Waals surface area contributed by atoms with E-state index in [-0.39, 0.29) is 5.41 Å². The maximum atomic E-state index is 5.16. The van der Waals surface area contributed by atoms with Crippen LogP contribution in [0.2, 0.25) is 0 Å². The molecule has 70 heavy (non-hydrogen) atoms. The van der Waals surface area contributed by atoms with Gasteiger partial charge < -0.3 is 0 Å². The molecule has 0 aliphatic heterocycles. The van der Waals surface area contributed by atoms with Gasteiger partial charge in [-0.05, 0) is 111 Å². The van der Waals surface area contributed by atoms with Crippen LogP contribution < -0.4 is 0 Å². The van der Waals surface area contributed by atoms with E-state index in [2.05, 4.69) is 133 Å². The van der Waals surface area contributed by atoms with Gasteiger partial charge in [-0.3, -0.25) is 0 Å². The predicted molar refractivity (Wildman–Crippen MR) is 278 cm³/mol. The van der Waals surface area contributed by atoms with Crippen molar-refractivity contribution >= 4 is 0 Å². The number of hydrogen-bond donors (Lipinski definition) is 0. The highest BCUT2D eigenvalue weighted by molar-refractivity contribution is 6.01. The van der Waals surface area contributed by atoms with Crippen LogP contribution in [-0.2, 0) is 5.41 Å². The molecule has 2 heterocycles. The Hall–Kier alpha value is -8.22. The molecule has 5 aliphatic carbocycles. The molecule has 332 valence electrons. The van der Waals surface area contributed by atoms with Gasteiger partial charge in [0.15, 0.2) is 34.9 Å². The number of aromatic nitrogens is 6. The average molecular weight is 899 g/mol. The van der Waals surface area contributed by atoms with E-state index in [1.165, 1.54) is 59.1 Å². The van der Waals surface area contributed by atoms with Crippen molar-refractivity contribution in [1.82, 2.24) is 29.9 Å². The highest BCUT2D eigenvalue weighted by Gasteiger charge is 2.81. The summed E-state index contributed by atoms with van der Waals surface area (Å²) in [5.41, 5.74) is 16.9. The third-order valence-electron chi connectivity index (χ3n) is 16.9. The molecule has 6 nitrogen and oxygen atoms in total. The molecule has 4 fully saturated rings. The summed E-state index contributed by atoms with van der Waals surface area (Å²) >= 11 is 0. The molecule has 5 unspecified atom stereocenters. The molecule has 0 amide bonds. The molecule has 6 heteroatoms. The number of fused-ring (bicyclic) bond motifs is 8. The zero-order valence-electron chi connectivity index (χ0n) is 38.5. The molecule has 5 atom stereocenters. The maximum Gasteiger partial charge on any atom is 0.164 e. The van der Waals surface area contributed by atoms with Crippen LogP contribution in [0.15, 0.2) is 206 Å². The summed E-state index contributed by atoms with van der Waals surface area (Å²) in [6.45, 7) is 0.